The summed E-state index contributed by atoms with van der Waals surface area (Å²) in [6, 6.07) is 5.60. The lowest BCUT2D eigenvalue weighted by Crippen LogP contribution is -2.40. The van der Waals surface area contributed by atoms with E-state index in [1.165, 1.54) is 27.2 Å². The molecule has 0 aliphatic carbocycles. The van der Waals surface area contributed by atoms with E-state index in [2.05, 4.69) is 5.10 Å². The molecule has 7 nitrogen and oxygen atoms in total. The first-order valence-corrected chi connectivity index (χ1v) is 10.7. The summed E-state index contributed by atoms with van der Waals surface area (Å²) < 4.78 is 43.4. The monoisotopic (exact) mass is 396 g/mol. The highest BCUT2D eigenvalue weighted by Crippen LogP contribution is 2.28. The first-order chi connectivity index (χ1) is 12.7. The Morgan fingerprint density at radius 2 is 2.07 bits per heavy atom. The molecule has 1 aromatic carbocycles. The van der Waals surface area contributed by atoms with Crippen molar-refractivity contribution in [3.8, 4) is 0 Å². The van der Waals surface area contributed by atoms with Crippen molar-refractivity contribution < 1.29 is 12.8 Å². The van der Waals surface area contributed by atoms with E-state index in [4.69, 9.17) is 0 Å². The molecule has 0 bridgehead atoms. The number of aryl methyl sites for hydroxylation is 1. The van der Waals surface area contributed by atoms with Gasteiger partial charge in [0.25, 0.3) is 0 Å². The number of benzene rings is 1. The van der Waals surface area contributed by atoms with Gasteiger partial charge in [-0.3, -0.25) is 4.57 Å². The van der Waals surface area contributed by atoms with Crippen molar-refractivity contribution in [2.75, 3.05) is 13.1 Å². The maximum Gasteiger partial charge on any atom is 0.345 e. The van der Waals surface area contributed by atoms with Gasteiger partial charge >= 0.3 is 5.69 Å². The van der Waals surface area contributed by atoms with E-state index < -0.39 is 15.8 Å². The van der Waals surface area contributed by atoms with Gasteiger partial charge in [-0.25, -0.2) is 26.6 Å². The van der Waals surface area contributed by atoms with Crippen molar-refractivity contribution in [1.82, 2.24) is 18.7 Å². The predicted molar refractivity (Wildman–Crippen MR) is 100 cm³/mol. The minimum atomic E-state index is -3.59. The lowest BCUT2D eigenvalue weighted by molar-refractivity contribution is 0.301. The van der Waals surface area contributed by atoms with Crippen LogP contribution in [0, 0.1) is 5.82 Å². The fourth-order valence-corrected chi connectivity index (χ4v) is 5.19. The number of rotatable bonds is 5. The average molecular weight is 396 g/mol. The van der Waals surface area contributed by atoms with E-state index in [9.17, 15) is 17.6 Å². The molecule has 1 aliphatic rings. The Kier molecular flexibility index (Phi) is 5.53. The minimum absolute atomic E-state index is 0.0551. The first kappa shape index (κ1) is 19.8. The third kappa shape index (κ3) is 4.14. The molecule has 1 aliphatic heterocycles. The molecule has 0 radical (unpaired) electrons. The fourth-order valence-electron chi connectivity index (χ4n) is 3.60. The molecule has 3 rings (SSSR count). The minimum Gasteiger partial charge on any atom is -0.276 e. The van der Waals surface area contributed by atoms with Crippen LogP contribution < -0.4 is 5.69 Å². The van der Waals surface area contributed by atoms with Gasteiger partial charge in [-0.05, 0) is 44.4 Å². The molecule has 1 atom stereocenters. The van der Waals surface area contributed by atoms with Crippen LogP contribution in [0.2, 0.25) is 0 Å². The molecule has 2 heterocycles. The van der Waals surface area contributed by atoms with E-state index in [0.717, 1.165) is 6.42 Å². The molecule has 1 unspecified atom stereocenters. The molecule has 1 fully saturated rings. The number of aromatic nitrogens is 3. The summed E-state index contributed by atoms with van der Waals surface area (Å²) in [5.41, 5.74) is 0.230. The third-order valence-electron chi connectivity index (χ3n) is 4.88. The van der Waals surface area contributed by atoms with E-state index in [1.54, 1.807) is 17.7 Å². The second-order valence-electron chi connectivity index (χ2n) is 7.31. The Hall–Kier alpha value is -2.00. The van der Waals surface area contributed by atoms with Crippen LogP contribution >= 0.6 is 0 Å². The zero-order valence-electron chi connectivity index (χ0n) is 15.8. The van der Waals surface area contributed by atoms with Crippen molar-refractivity contribution in [2.45, 2.75) is 44.4 Å². The van der Waals surface area contributed by atoms with Gasteiger partial charge in [0, 0.05) is 32.1 Å². The molecule has 0 amide bonds. The summed E-state index contributed by atoms with van der Waals surface area (Å²) in [6.45, 7) is 4.52. The van der Waals surface area contributed by atoms with Crippen LogP contribution in [0.4, 0.5) is 4.39 Å². The van der Waals surface area contributed by atoms with Gasteiger partial charge in [0.2, 0.25) is 10.0 Å². The molecule has 9 heteroatoms. The molecule has 27 heavy (non-hydrogen) atoms. The van der Waals surface area contributed by atoms with E-state index >= 15 is 0 Å². The second kappa shape index (κ2) is 7.55. The Balaban J connectivity index is 1.84. The number of hydrogen-bond donors (Lipinski definition) is 0. The van der Waals surface area contributed by atoms with Crippen LogP contribution in [0.1, 0.15) is 50.0 Å². The van der Waals surface area contributed by atoms with Gasteiger partial charge < -0.3 is 0 Å². The quantitative estimate of drug-likeness (QED) is 0.775. The van der Waals surface area contributed by atoms with Crippen molar-refractivity contribution in [2.24, 2.45) is 7.05 Å². The summed E-state index contributed by atoms with van der Waals surface area (Å²) in [5.74, 6) is -0.203. The van der Waals surface area contributed by atoms with Crippen molar-refractivity contribution in [3.05, 3.63) is 52.0 Å². The van der Waals surface area contributed by atoms with Gasteiger partial charge in [-0.1, -0.05) is 12.1 Å². The zero-order chi connectivity index (χ0) is 19.8. The second-order valence-corrected chi connectivity index (χ2v) is 9.28. The number of hydrogen-bond acceptors (Lipinski definition) is 4. The average Bonchev–Trinajstić information content (AvgIpc) is 2.90. The number of sulfonamides is 1. The molecular weight excluding hydrogens is 371 g/mol. The predicted octanol–water partition coefficient (Wildman–Crippen LogP) is 2.01. The molecule has 148 valence electrons. The van der Waals surface area contributed by atoms with Crippen LogP contribution in [-0.4, -0.2) is 40.2 Å². The smallest absolute Gasteiger partial charge is 0.276 e. The number of nitrogens with zero attached hydrogens (tertiary/aromatic N) is 4. The molecule has 2 aromatic rings. The molecule has 0 N–H and O–H groups in total. The number of halogens is 1. The maximum absolute atomic E-state index is 13.4. The van der Waals surface area contributed by atoms with E-state index in [0.29, 0.717) is 24.4 Å². The molecule has 0 saturated carbocycles. The van der Waals surface area contributed by atoms with Gasteiger partial charge in [0.05, 0.1) is 5.75 Å². The molecule has 0 spiro atoms. The Morgan fingerprint density at radius 3 is 2.74 bits per heavy atom. The first-order valence-electron chi connectivity index (χ1n) is 9.06. The number of piperidine rings is 1. The zero-order valence-corrected chi connectivity index (χ0v) is 16.6. The summed E-state index contributed by atoms with van der Waals surface area (Å²) in [4.78, 5) is 12.3. The highest BCUT2D eigenvalue weighted by molar-refractivity contribution is 7.88. The van der Waals surface area contributed by atoms with Crippen LogP contribution in [0.3, 0.4) is 0 Å². The summed E-state index contributed by atoms with van der Waals surface area (Å²) in [6.07, 6.45) is 1.46. The van der Waals surface area contributed by atoms with Crippen LogP contribution in [0.15, 0.2) is 29.1 Å². The van der Waals surface area contributed by atoms with Gasteiger partial charge in [0.1, 0.15) is 11.6 Å². The van der Waals surface area contributed by atoms with Crippen molar-refractivity contribution in [1.29, 1.82) is 0 Å². The lowest BCUT2D eigenvalue weighted by Gasteiger charge is -2.31. The molecule has 1 saturated heterocycles. The van der Waals surface area contributed by atoms with Crippen molar-refractivity contribution in [3.63, 3.8) is 0 Å². The topological polar surface area (TPSA) is 77.2 Å². The Morgan fingerprint density at radius 1 is 1.33 bits per heavy atom. The van der Waals surface area contributed by atoms with Crippen LogP contribution in [-0.2, 0) is 22.8 Å². The van der Waals surface area contributed by atoms with Crippen molar-refractivity contribution >= 4 is 10.0 Å². The largest absolute Gasteiger partial charge is 0.345 e. The van der Waals surface area contributed by atoms with Gasteiger partial charge in [-0.15, -0.1) is 0 Å². The highest BCUT2D eigenvalue weighted by Gasteiger charge is 2.33. The SMILES string of the molecule is CC(C)n1c(C2CCCN(S(=O)(=O)Cc3cccc(F)c3)C2)nn(C)c1=O. The fraction of sp³-hybridized carbons (Fsp3) is 0.556. The third-order valence-corrected chi connectivity index (χ3v) is 6.70. The van der Waals surface area contributed by atoms with E-state index in [-0.39, 0.29) is 29.9 Å². The Bertz CT molecular complexity index is 981. The van der Waals surface area contributed by atoms with E-state index in [1.807, 2.05) is 13.8 Å². The summed E-state index contributed by atoms with van der Waals surface area (Å²) in [5, 5.41) is 4.36. The normalized spacial score (nSPS) is 18.9. The van der Waals surface area contributed by atoms with Crippen LogP contribution in [0.25, 0.3) is 0 Å². The van der Waals surface area contributed by atoms with Crippen LogP contribution in [0.5, 0.6) is 0 Å². The lowest BCUT2D eigenvalue weighted by atomic mass is 9.98. The summed E-state index contributed by atoms with van der Waals surface area (Å²) in [7, 11) is -1.98. The Labute approximate surface area is 158 Å². The summed E-state index contributed by atoms with van der Waals surface area (Å²) >= 11 is 0. The molecule has 1 aromatic heterocycles. The molecular formula is C18H25FN4O3S. The highest BCUT2D eigenvalue weighted by atomic mass is 32.2. The van der Waals surface area contributed by atoms with Gasteiger partial charge in [-0.2, -0.15) is 5.10 Å². The standard InChI is InChI=1S/C18H25FN4O3S/c1-13(2)23-17(20-21(3)18(23)24)15-7-5-9-22(11-15)27(25,26)12-14-6-4-8-16(19)10-14/h4,6,8,10,13,15H,5,7,9,11-12H2,1-3H3. The maximum atomic E-state index is 13.4. The van der Waals surface area contributed by atoms with Gasteiger partial charge in [0.15, 0.2) is 0 Å².